The highest BCUT2D eigenvalue weighted by atomic mass is 16.4. The fraction of sp³-hybridized carbons (Fsp3) is 0.667. The summed E-state index contributed by atoms with van der Waals surface area (Å²) in [5, 5.41) is 19.9. The van der Waals surface area contributed by atoms with Crippen molar-refractivity contribution in [2.45, 2.75) is 38.0 Å². The lowest BCUT2D eigenvalue weighted by Crippen LogP contribution is -2.52. The number of amides is 2. The van der Waals surface area contributed by atoms with Gasteiger partial charge in [0.1, 0.15) is 0 Å². The lowest BCUT2D eigenvalue weighted by molar-refractivity contribution is -0.145. The molecule has 0 saturated heterocycles. The lowest BCUT2D eigenvalue weighted by Gasteiger charge is -2.19. The van der Waals surface area contributed by atoms with Crippen LogP contribution in [0.4, 0.5) is 0 Å². The van der Waals surface area contributed by atoms with Gasteiger partial charge in [-0.25, -0.2) is 4.79 Å². The minimum Gasteiger partial charge on any atom is -0.480 e. The Hall–Kier alpha value is -1.67. The maximum atomic E-state index is 11.4. The molecule has 0 aliphatic rings. The molecule has 8 nitrogen and oxygen atoms in total. The van der Waals surface area contributed by atoms with Crippen LogP contribution in [0.3, 0.4) is 0 Å². The number of aliphatic hydroxyl groups is 1. The molecule has 0 fully saturated rings. The number of primary amides is 1. The Bertz CT molecular complexity index is 305. The Morgan fingerprint density at radius 3 is 2.24 bits per heavy atom. The summed E-state index contributed by atoms with van der Waals surface area (Å²) < 4.78 is 0. The van der Waals surface area contributed by atoms with Crippen LogP contribution in [0.25, 0.3) is 0 Å². The van der Waals surface area contributed by atoms with Crippen molar-refractivity contribution in [2.75, 3.05) is 0 Å². The molecular formula is C9H17N3O5. The zero-order valence-electron chi connectivity index (χ0n) is 9.42. The normalized spacial score (nSPS) is 15.7. The molecule has 2 amide bonds. The third kappa shape index (κ3) is 5.83. The molecule has 98 valence electrons. The van der Waals surface area contributed by atoms with E-state index < -0.39 is 36.0 Å². The number of carbonyl (C=O) groups excluding carboxylic acids is 2. The number of aliphatic hydroxyl groups excluding tert-OH is 1. The number of nitrogens with two attached hydrogens (primary N) is 2. The molecule has 3 atom stereocenters. The van der Waals surface area contributed by atoms with E-state index in [0.717, 1.165) is 0 Å². The second kappa shape index (κ2) is 6.81. The van der Waals surface area contributed by atoms with Gasteiger partial charge in [-0.15, -0.1) is 0 Å². The first-order chi connectivity index (χ1) is 7.75. The van der Waals surface area contributed by atoms with Gasteiger partial charge in [0.2, 0.25) is 11.8 Å². The highest BCUT2D eigenvalue weighted by Gasteiger charge is 2.27. The summed E-state index contributed by atoms with van der Waals surface area (Å²) in [5.41, 5.74) is 10.3. The molecular weight excluding hydrogens is 230 g/mol. The summed E-state index contributed by atoms with van der Waals surface area (Å²) >= 11 is 0. The predicted molar refractivity (Wildman–Crippen MR) is 57.7 cm³/mol. The van der Waals surface area contributed by atoms with Crippen molar-refractivity contribution in [1.29, 1.82) is 0 Å². The largest absolute Gasteiger partial charge is 0.480 e. The minimum absolute atomic E-state index is 0.0211. The molecule has 0 aliphatic carbocycles. The second-order valence-electron chi connectivity index (χ2n) is 3.68. The van der Waals surface area contributed by atoms with E-state index in [2.05, 4.69) is 5.32 Å². The first-order valence-corrected chi connectivity index (χ1v) is 5.00. The van der Waals surface area contributed by atoms with E-state index >= 15 is 0 Å². The standard InChI is InChI=1S/C9H17N3O5/c1-4(13)7(9(16)17)12-8(15)5(10)2-3-6(11)14/h4-5,7,13H,2-3,10H2,1H3,(H2,11,14)(H,12,15)(H,16,17). The molecule has 0 spiro atoms. The van der Waals surface area contributed by atoms with Gasteiger partial charge in [-0.05, 0) is 13.3 Å². The van der Waals surface area contributed by atoms with Crippen molar-refractivity contribution < 1.29 is 24.6 Å². The number of nitrogens with one attached hydrogen (secondary N) is 1. The van der Waals surface area contributed by atoms with E-state index in [4.69, 9.17) is 21.7 Å². The van der Waals surface area contributed by atoms with E-state index in [-0.39, 0.29) is 12.8 Å². The van der Waals surface area contributed by atoms with Crippen LogP contribution in [0.1, 0.15) is 19.8 Å². The van der Waals surface area contributed by atoms with Crippen molar-refractivity contribution in [3.05, 3.63) is 0 Å². The molecule has 0 radical (unpaired) electrons. The van der Waals surface area contributed by atoms with Crippen LogP contribution in [0.15, 0.2) is 0 Å². The molecule has 0 aromatic rings. The summed E-state index contributed by atoms with van der Waals surface area (Å²) in [4.78, 5) is 32.6. The summed E-state index contributed by atoms with van der Waals surface area (Å²) in [6.07, 6.45) is -1.30. The van der Waals surface area contributed by atoms with E-state index in [1.54, 1.807) is 0 Å². The van der Waals surface area contributed by atoms with Gasteiger partial charge in [-0.1, -0.05) is 0 Å². The van der Waals surface area contributed by atoms with Gasteiger partial charge < -0.3 is 27.0 Å². The number of rotatable bonds is 7. The van der Waals surface area contributed by atoms with E-state index in [9.17, 15) is 14.4 Å². The third-order valence-corrected chi connectivity index (χ3v) is 2.08. The molecule has 7 N–H and O–H groups in total. The molecule has 3 unspecified atom stereocenters. The second-order valence-corrected chi connectivity index (χ2v) is 3.68. The average Bonchev–Trinajstić information content (AvgIpc) is 2.20. The number of carboxylic acids is 1. The quantitative estimate of drug-likeness (QED) is 0.335. The Labute approximate surface area is 98.0 Å². The van der Waals surface area contributed by atoms with Crippen LogP contribution >= 0.6 is 0 Å². The predicted octanol–water partition coefficient (Wildman–Crippen LogP) is -2.47. The van der Waals surface area contributed by atoms with Crippen molar-refractivity contribution in [3.8, 4) is 0 Å². The first kappa shape index (κ1) is 15.3. The topological polar surface area (TPSA) is 156 Å². The monoisotopic (exact) mass is 247 g/mol. The first-order valence-electron chi connectivity index (χ1n) is 5.00. The molecule has 0 aromatic heterocycles. The number of aliphatic carboxylic acids is 1. The fourth-order valence-electron chi connectivity index (χ4n) is 1.08. The van der Waals surface area contributed by atoms with E-state index in [1.807, 2.05) is 0 Å². The molecule has 0 aromatic carbocycles. The zero-order valence-corrected chi connectivity index (χ0v) is 9.42. The van der Waals surface area contributed by atoms with Gasteiger partial charge in [0.15, 0.2) is 6.04 Å². The smallest absolute Gasteiger partial charge is 0.328 e. The van der Waals surface area contributed by atoms with Gasteiger partial charge in [0.05, 0.1) is 12.1 Å². The van der Waals surface area contributed by atoms with Crippen LogP contribution in [-0.2, 0) is 14.4 Å². The molecule has 0 rings (SSSR count). The summed E-state index contributed by atoms with van der Waals surface area (Å²) in [6.45, 7) is 1.23. The van der Waals surface area contributed by atoms with Gasteiger partial charge in [-0.3, -0.25) is 9.59 Å². The SMILES string of the molecule is CC(O)C(NC(=O)C(N)CCC(N)=O)C(=O)O. The van der Waals surface area contributed by atoms with Crippen LogP contribution in [0.5, 0.6) is 0 Å². The molecule has 0 saturated carbocycles. The Morgan fingerprint density at radius 1 is 1.35 bits per heavy atom. The number of hydrogen-bond acceptors (Lipinski definition) is 5. The lowest BCUT2D eigenvalue weighted by atomic mass is 10.1. The average molecular weight is 247 g/mol. The summed E-state index contributed by atoms with van der Waals surface area (Å²) in [7, 11) is 0. The van der Waals surface area contributed by atoms with Gasteiger partial charge in [0, 0.05) is 6.42 Å². The molecule has 0 aliphatic heterocycles. The highest BCUT2D eigenvalue weighted by molar-refractivity contribution is 5.87. The van der Waals surface area contributed by atoms with E-state index in [0.29, 0.717) is 0 Å². The maximum absolute atomic E-state index is 11.4. The number of hydrogen-bond donors (Lipinski definition) is 5. The van der Waals surface area contributed by atoms with Crippen molar-refractivity contribution in [3.63, 3.8) is 0 Å². The minimum atomic E-state index is -1.43. The number of carbonyl (C=O) groups is 3. The van der Waals surface area contributed by atoms with Crippen molar-refractivity contribution in [1.82, 2.24) is 5.32 Å². The van der Waals surface area contributed by atoms with Crippen molar-refractivity contribution in [2.24, 2.45) is 11.5 Å². The van der Waals surface area contributed by atoms with Gasteiger partial charge >= 0.3 is 5.97 Å². The van der Waals surface area contributed by atoms with Crippen molar-refractivity contribution >= 4 is 17.8 Å². The van der Waals surface area contributed by atoms with Crippen LogP contribution < -0.4 is 16.8 Å². The third-order valence-electron chi connectivity index (χ3n) is 2.08. The Kier molecular flexibility index (Phi) is 6.15. The molecule has 0 bridgehead atoms. The molecule has 17 heavy (non-hydrogen) atoms. The van der Waals surface area contributed by atoms with E-state index in [1.165, 1.54) is 6.92 Å². The zero-order chi connectivity index (χ0) is 13.6. The van der Waals surface area contributed by atoms with Gasteiger partial charge in [0.25, 0.3) is 0 Å². The van der Waals surface area contributed by atoms with Gasteiger partial charge in [-0.2, -0.15) is 0 Å². The summed E-state index contributed by atoms with van der Waals surface area (Å²) in [5.74, 6) is -2.71. The molecule has 0 heterocycles. The fourth-order valence-corrected chi connectivity index (χ4v) is 1.08. The molecule has 8 heteroatoms. The van der Waals surface area contributed by atoms with Crippen LogP contribution in [0, 0.1) is 0 Å². The van der Waals surface area contributed by atoms with Crippen LogP contribution in [0.2, 0.25) is 0 Å². The Balaban J connectivity index is 4.31. The maximum Gasteiger partial charge on any atom is 0.328 e. The Morgan fingerprint density at radius 2 is 1.88 bits per heavy atom. The highest BCUT2D eigenvalue weighted by Crippen LogP contribution is 1.98. The number of carboxylic acid groups (broad SMARTS) is 1. The van der Waals surface area contributed by atoms with Crippen LogP contribution in [-0.4, -0.2) is 46.2 Å². The summed E-state index contributed by atoms with van der Waals surface area (Å²) in [6, 6.07) is -2.47.